The number of aliphatic hydroxyl groups is 2. The van der Waals surface area contributed by atoms with Crippen LogP contribution in [-0.4, -0.2) is 68.7 Å². The maximum Gasteiger partial charge on any atom is 0.490 e. The molecule has 0 aliphatic carbocycles. The van der Waals surface area contributed by atoms with Crippen molar-refractivity contribution in [3.8, 4) is 11.1 Å². The Bertz CT molecular complexity index is 1540. The number of hydrogen-bond acceptors (Lipinski definition) is 13. The Morgan fingerprint density at radius 1 is 1.18 bits per heavy atom. The number of nitrogens with one attached hydrogen (secondary N) is 1. The van der Waals surface area contributed by atoms with Crippen LogP contribution in [0.5, 0.6) is 0 Å². The zero-order valence-corrected chi connectivity index (χ0v) is 22.6. The van der Waals surface area contributed by atoms with Gasteiger partial charge in [-0.1, -0.05) is 0 Å². The van der Waals surface area contributed by atoms with Gasteiger partial charge in [-0.15, -0.1) is 11.3 Å². The van der Waals surface area contributed by atoms with E-state index >= 15 is 0 Å². The maximum atomic E-state index is 12.1. The lowest BCUT2D eigenvalue weighted by Crippen LogP contribution is -2.44. The van der Waals surface area contributed by atoms with Gasteiger partial charge in [0.1, 0.15) is 35.6 Å². The molecule has 2 unspecified atom stereocenters. The first-order chi connectivity index (χ1) is 17.6. The van der Waals surface area contributed by atoms with E-state index in [-0.39, 0.29) is 0 Å². The molecule has 0 spiro atoms. The van der Waals surface area contributed by atoms with E-state index in [0.717, 1.165) is 16.0 Å². The van der Waals surface area contributed by atoms with Crippen LogP contribution in [0.25, 0.3) is 22.2 Å². The van der Waals surface area contributed by atoms with Gasteiger partial charge in [-0.05, 0) is 23.9 Å². The van der Waals surface area contributed by atoms with Crippen molar-refractivity contribution >= 4 is 51.7 Å². The van der Waals surface area contributed by atoms with Crippen molar-refractivity contribution in [1.82, 2.24) is 14.5 Å². The van der Waals surface area contributed by atoms with Gasteiger partial charge in [0, 0.05) is 16.6 Å². The van der Waals surface area contributed by atoms with E-state index in [2.05, 4.69) is 28.4 Å². The molecule has 0 bridgehead atoms. The molecule has 0 saturated carbocycles. The first kappa shape index (κ1) is 28.0. The monoisotopic (exact) mass is 614 g/mol. The van der Waals surface area contributed by atoms with Gasteiger partial charge in [0.15, 0.2) is 6.23 Å². The topological polar surface area (TPSA) is 252 Å². The third-order valence-electron chi connectivity index (χ3n) is 5.89. The van der Waals surface area contributed by atoms with Crippen molar-refractivity contribution in [3.05, 3.63) is 28.8 Å². The number of nitrogens with zero attached hydrogens (tertiary/aromatic N) is 3. The van der Waals surface area contributed by atoms with E-state index in [1.807, 2.05) is 11.4 Å². The Morgan fingerprint density at radius 2 is 1.92 bits per heavy atom. The van der Waals surface area contributed by atoms with Gasteiger partial charge in [0.2, 0.25) is 0 Å². The predicted molar refractivity (Wildman–Crippen MR) is 129 cm³/mol. The van der Waals surface area contributed by atoms with Gasteiger partial charge in [-0.25, -0.2) is 23.7 Å². The minimum absolute atomic E-state index is 0.363. The number of hydrogen-bond donors (Lipinski definition) is 7. The quantitative estimate of drug-likeness (QED) is 0.177. The molecule has 1 saturated heterocycles. The normalized spacial score (nSPS) is 28.3. The Morgan fingerprint density at radius 3 is 2.63 bits per heavy atom. The second-order valence-corrected chi connectivity index (χ2v) is 14.0. The molecule has 2 aliphatic rings. The number of thiophene rings is 1. The molecule has 21 heteroatoms. The predicted octanol–water partition coefficient (Wildman–Crippen LogP) is 1.44. The number of aliphatic hydroxyl groups excluding tert-OH is 1. The van der Waals surface area contributed by atoms with Crippen LogP contribution in [-0.2, 0) is 38.1 Å². The van der Waals surface area contributed by atoms with Gasteiger partial charge in [0.25, 0.3) is 0 Å². The van der Waals surface area contributed by atoms with Crippen molar-refractivity contribution < 1.29 is 61.4 Å². The minimum Gasteiger partial charge on any atom is -0.387 e. The molecule has 1 fully saturated rings. The number of aromatic nitrogens is 3. The second kappa shape index (κ2) is 9.51. The number of anilines is 1. The van der Waals surface area contributed by atoms with E-state index in [1.165, 1.54) is 17.8 Å². The van der Waals surface area contributed by atoms with Crippen molar-refractivity contribution in [2.45, 2.75) is 37.5 Å². The highest BCUT2D eigenvalue weighted by molar-refractivity contribution is 7.66. The van der Waals surface area contributed by atoms with Crippen molar-refractivity contribution in [1.29, 1.82) is 0 Å². The number of fused-ring (bicyclic) bond motifs is 2. The van der Waals surface area contributed by atoms with Crippen LogP contribution in [0.15, 0.2) is 24.0 Å². The molecule has 3 aromatic rings. The summed E-state index contributed by atoms with van der Waals surface area (Å²) in [7, 11) is -16.8. The minimum atomic E-state index is -5.73. The number of phosphoric acid groups is 3. The first-order valence-electron chi connectivity index (χ1n) is 10.6. The third kappa shape index (κ3) is 5.27. The van der Waals surface area contributed by atoms with Crippen molar-refractivity contribution in [3.63, 3.8) is 0 Å². The molecule has 2 aliphatic heterocycles. The Balaban J connectivity index is 1.40. The molecule has 6 atom stereocenters. The summed E-state index contributed by atoms with van der Waals surface area (Å²) < 4.78 is 53.6. The Kier molecular flexibility index (Phi) is 6.99. The van der Waals surface area contributed by atoms with Crippen molar-refractivity contribution in [2.75, 3.05) is 11.9 Å². The summed E-state index contributed by atoms with van der Waals surface area (Å²) in [5.41, 5.74) is 0.0419. The molecule has 0 radical (unpaired) electrons. The summed E-state index contributed by atoms with van der Waals surface area (Å²) >= 11 is 1.54. The number of ether oxygens (including phenoxy) is 1. The average molecular weight is 614 g/mol. The van der Waals surface area contributed by atoms with Crippen LogP contribution >= 0.6 is 34.8 Å². The van der Waals surface area contributed by atoms with Gasteiger partial charge in [0.05, 0.1) is 18.5 Å². The van der Waals surface area contributed by atoms with Crippen molar-refractivity contribution in [2.24, 2.45) is 0 Å². The third-order valence-corrected chi connectivity index (χ3v) is 10.6. The summed E-state index contributed by atoms with van der Waals surface area (Å²) in [6.45, 7) is 0.869. The van der Waals surface area contributed by atoms with Crippen LogP contribution in [0.1, 0.15) is 18.0 Å². The van der Waals surface area contributed by atoms with E-state index in [9.17, 15) is 33.7 Å². The van der Waals surface area contributed by atoms with E-state index in [0.29, 0.717) is 23.4 Å². The van der Waals surface area contributed by atoms with Gasteiger partial charge >= 0.3 is 23.5 Å². The highest BCUT2D eigenvalue weighted by Gasteiger charge is 2.54. The molecule has 7 N–H and O–H groups in total. The summed E-state index contributed by atoms with van der Waals surface area (Å²) in [6.07, 6.45) is -1.46. The highest BCUT2D eigenvalue weighted by atomic mass is 32.1. The van der Waals surface area contributed by atoms with Gasteiger partial charge in [-0.2, -0.15) is 8.62 Å². The molecular formula is C17H21N4O13P3S. The average Bonchev–Trinajstić information content (AvgIpc) is 3.41. The molecule has 208 valence electrons. The summed E-state index contributed by atoms with van der Waals surface area (Å²) in [6, 6.07) is 1.93. The molecule has 0 amide bonds. The van der Waals surface area contributed by atoms with Crippen LogP contribution < -0.4 is 5.32 Å². The fourth-order valence-corrected chi connectivity index (χ4v) is 8.19. The number of phosphoric ester groups is 1. The molecule has 38 heavy (non-hydrogen) atoms. The Hall–Kier alpha value is -1.59. The lowest BCUT2D eigenvalue weighted by atomic mass is 9.96. The molecule has 0 aromatic carbocycles. The highest BCUT2D eigenvalue weighted by Crippen LogP contribution is 2.66. The summed E-state index contributed by atoms with van der Waals surface area (Å²) in [5, 5.41) is 27.7. The SMILES string of the molecule is C[C@@]1(O)[C@H](O)[C@@H](COP(=O)(O)OP(=O)(O)OP(=O)(O)O)O[C@H]1n1cc2c3c(ncnc31)NCc1sccc1-2. The van der Waals surface area contributed by atoms with E-state index in [1.54, 1.807) is 17.5 Å². The zero-order valence-electron chi connectivity index (χ0n) is 19.1. The van der Waals surface area contributed by atoms with Crippen LogP contribution in [0.2, 0.25) is 0 Å². The molecular weight excluding hydrogens is 593 g/mol. The first-order valence-corrected chi connectivity index (χ1v) is 16.0. The molecule has 3 aromatic heterocycles. The summed E-state index contributed by atoms with van der Waals surface area (Å²) in [4.78, 5) is 45.9. The van der Waals surface area contributed by atoms with Gasteiger partial charge in [-0.3, -0.25) is 4.52 Å². The lowest BCUT2D eigenvalue weighted by molar-refractivity contribution is -0.0946. The second-order valence-electron chi connectivity index (χ2n) is 8.57. The molecule has 5 rings (SSSR count). The maximum absolute atomic E-state index is 12.1. The summed E-state index contributed by atoms with van der Waals surface area (Å²) in [5.74, 6) is 0.551. The lowest BCUT2D eigenvalue weighted by Gasteiger charge is -2.27. The zero-order chi connectivity index (χ0) is 27.7. The Labute approximate surface area is 217 Å². The van der Waals surface area contributed by atoms with E-state index < -0.39 is 54.1 Å². The van der Waals surface area contributed by atoms with Crippen LogP contribution in [0.3, 0.4) is 0 Å². The fraction of sp³-hybridized carbons (Fsp3) is 0.412. The standard InChI is InChI=1S/C17H21N4O13P3S/c1-17(23)13(22)10(6-31-36(27,28)34-37(29,30)33-35(24,25)26)32-16(17)21-5-9-8-2-3-38-11(8)4-18-14-12(9)15(21)20-7-19-14/h2-3,5,7,10,13,16,22-23H,4,6H2,1H3,(H,27,28)(H,29,30)(H,18,19,20)(H2,24,25,26)/t10-,13-,16-,17-/m1/s1. The largest absolute Gasteiger partial charge is 0.490 e. The smallest absolute Gasteiger partial charge is 0.387 e. The molecule has 5 heterocycles. The van der Waals surface area contributed by atoms with E-state index in [4.69, 9.17) is 14.5 Å². The van der Waals surface area contributed by atoms with Crippen LogP contribution in [0, 0.1) is 0 Å². The number of rotatable bonds is 8. The fourth-order valence-electron chi connectivity index (χ4n) is 4.33. The van der Waals surface area contributed by atoms with Crippen LogP contribution in [0.4, 0.5) is 5.82 Å². The van der Waals surface area contributed by atoms with Gasteiger partial charge < -0.3 is 44.4 Å². The molecule has 17 nitrogen and oxygen atoms in total.